The molecule has 2 rings (SSSR count). The number of anilines is 1. The van der Waals surface area contributed by atoms with Crippen molar-refractivity contribution in [1.82, 2.24) is 10.2 Å². The van der Waals surface area contributed by atoms with Crippen molar-refractivity contribution in [3.8, 4) is 11.3 Å². The molecule has 0 aliphatic heterocycles. The zero-order valence-corrected chi connectivity index (χ0v) is 6.86. The van der Waals surface area contributed by atoms with Crippen LogP contribution in [0.3, 0.4) is 0 Å². The molecule has 3 N–H and O–H groups in total. The third-order valence-corrected chi connectivity index (χ3v) is 2.23. The summed E-state index contributed by atoms with van der Waals surface area (Å²) in [5.74, 6) is -0.565. The van der Waals surface area contributed by atoms with Crippen LogP contribution in [0.5, 0.6) is 0 Å². The van der Waals surface area contributed by atoms with Gasteiger partial charge in [-0.2, -0.15) is 16.4 Å². The van der Waals surface area contributed by atoms with Crippen LogP contribution in [-0.2, 0) is 0 Å². The Balaban J connectivity index is 2.55. The van der Waals surface area contributed by atoms with Crippen molar-refractivity contribution in [3.63, 3.8) is 0 Å². The lowest BCUT2D eigenvalue weighted by molar-refractivity contribution is 0.636. The van der Waals surface area contributed by atoms with E-state index < -0.39 is 5.82 Å². The smallest absolute Gasteiger partial charge is 0.192 e. The molecule has 62 valence electrons. The predicted molar refractivity (Wildman–Crippen MR) is 46.3 cm³/mol. The van der Waals surface area contributed by atoms with Gasteiger partial charge >= 0.3 is 0 Å². The number of halogens is 1. The first-order valence-electron chi connectivity index (χ1n) is 3.31. The second-order valence-corrected chi connectivity index (χ2v) is 3.09. The standard InChI is InChI=1S/C7H6FN3S/c8-5-6(10-11-7(5)9)4-1-2-12-3-4/h1-3H,(H3,9,10,11). The minimum absolute atomic E-state index is 0.0869. The Hall–Kier alpha value is -1.36. The van der Waals surface area contributed by atoms with Gasteiger partial charge < -0.3 is 5.73 Å². The fourth-order valence-corrected chi connectivity index (χ4v) is 1.59. The van der Waals surface area contributed by atoms with Gasteiger partial charge in [0.15, 0.2) is 11.6 Å². The highest BCUT2D eigenvalue weighted by Crippen LogP contribution is 2.24. The summed E-state index contributed by atoms with van der Waals surface area (Å²) < 4.78 is 13.1. The Labute approximate surface area is 72.0 Å². The van der Waals surface area contributed by atoms with Gasteiger partial charge in [-0.1, -0.05) is 0 Å². The van der Waals surface area contributed by atoms with Gasteiger partial charge in [0.2, 0.25) is 0 Å². The zero-order valence-electron chi connectivity index (χ0n) is 6.04. The number of thiophene rings is 1. The molecular formula is C7H6FN3S. The number of rotatable bonds is 1. The molecule has 2 aromatic rings. The molecular weight excluding hydrogens is 177 g/mol. The Morgan fingerprint density at radius 3 is 2.92 bits per heavy atom. The normalized spacial score (nSPS) is 10.4. The second-order valence-electron chi connectivity index (χ2n) is 2.31. The molecule has 0 saturated carbocycles. The van der Waals surface area contributed by atoms with Crippen molar-refractivity contribution in [2.24, 2.45) is 0 Å². The highest BCUT2D eigenvalue weighted by molar-refractivity contribution is 7.08. The molecule has 0 fully saturated rings. The van der Waals surface area contributed by atoms with Crippen molar-refractivity contribution in [3.05, 3.63) is 22.6 Å². The fourth-order valence-electron chi connectivity index (χ4n) is 0.940. The monoisotopic (exact) mass is 183 g/mol. The van der Waals surface area contributed by atoms with E-state index in [9.17, 15) is 4.39 Å². The number of hydrogen-bond acceptors (Lipinski definition) is 3. The summed E-state index contributed by atoms with van der Waals surface area (Å²) in [7, 11) is 0. The summed E-state index contributed by atoms with van der Waals surface area (Å²) in [4.78, 5) is 0. The number of nitrogens with zero attached hydrogens (tertiary/aromatic N) is 1. The van der Waals surface area contributed by atoms with Gasteiger partial charge in [0.1, 0.15) is 5.69 Å². The minimum atomic E-state index is -0.478. The molecule has 0 saturated heterocycles. The summed E-state index contributed by atoms with van der Waals surface area (Å²) in [5.41, 5.74) is 6.37. The number of hydrogen-bond donors (Lipinski definition) is 2. The van der Waals surface area contributed by atoms with Gasteiger partial charge in [0.05, 0.1) is 0 Å². The van der Waals surface area contributed by atoms with Crippen molar-refractivity contribution in [2.45, 2.75) is 0 Å². The maximum atomic E-state index is 13.1. The van der Waals surface area contributed by atoms with Gasteiger partial charge in [-0.15, -0.1) is 0 Å². The first-order valence-corrected chi connectivity index (χ1v) is 4.25. The van der Waals surface area contributed by atoms with Crippen LogP contribution in [0, 0.1) is 5.82 Å². The predicted octanol–water partition coefficient (Wildman–Crippen LogP) is 1.86. The van der Waals surface area contributed by atoms with Crippen molar-refractivity contribution in [1.29, 1.82) is 0 Å². The third kappa shape index (κ3) is 0.984. The Morgan fingerprint density at radius 2 is 2.42 bits per heavy atom. The Kier molecular flexibility index (Phi) is 1.58. The summed E-state index contributed by atoms with van der Waals surface area (Å²) >= 11 is 1.50. The largest absolute Gasteiger partial charge is 0.380 e. The van der Waals surface area contributed by atoms with Crippen LogP contribution in [-0.4, -0.2) is 10.2 Å². The molecule has 0 spiro atoms. The number of aromatic amines is 1. The summed E-state index contributed by atoms with van der Waals surface area (Å²) in [6, 6.07) is 1.81. The molecule has 0 aliphatic carbocycles. The maximum absolute atomic E-state index is 13.1. The van der Waals surface area contributed by atoms with Crippen molar-refractivity contribution in [2.75, 3.05) is 5.73 Å². The van der Waals surface area contributed by atoms with Crippen molar-refractivity contribution >= 4 is 17.2 Å². The van der Waals surface area contributed by atoms with Crippen LogP contribution in [0.2, 0.25) is 0 Å². The van der Waals surface area contributed by atoms with E-state index in [0.29, 0.717) is 5.69 Å². The fraction of sp³-hybridized carbons (Fsp3) is 0. The SMILES string of the molecule is Nc1n[nH]c(-c2ccsc2)c1F. The van der Waals surface area contributed by atoms with Crippen LogP contribution in [0.25, 0.3) is 11.3 Å². The molecule has 0 aliphatic rings. The van der Waals surface area contributed by atoms with E-state index in [4.69, 9.17) is 5.73 Å². The van der Waals surface area contributed by atoms with Gasteiger partial charge in [0.25, 0.3) is 0 Å². The number of H-pyrrole nitrogens is 1. The van der Waals surface area contributed by atoms with Gasteiger partial charge in [-0.25, -0.2) is 4.39 Å². The molecule has 0 unspecified atom stereocenters. The molecule has 12 heavy (non-hydrogen) atoms. The molecule has 0 atom stereocenters. The summed E-state index contributed by atoms with van der Waals surface area (Å²) in [6.07, 6.45) is 0. The first kappa shape index (κ1) is 7.30. The van der Waals surface area contributed by atoms with Crippen LogP contribution >= 0.6 is 11.3 Å². The van der Waals surface area contributed by atoms with E-state index in [-0.39, 0.29) is 5.82 Å². The van der Waals surface area contributed by atoms with E-state index >= 15 is 0 Å². The van der Waals surface area contributed by atoms with Crippen LogP contribution < -0.4 is 5.73 Å². The average molecular weight is 183 g/mol. The molecule has 5 heteroatoms. The Bertz CT molecular complexity index is 379. The number of aromatic nitrogens is 2. The molecule has 0 radical (unpaired) electrons. The van der Waals surface area contributed by atoms with Gasteiger partial charge in [0, 0.05) is 10.9 Å². The topological polar surface area (TPSA) is 54.7 Å². The maximum Gasteiger partial charge on any atom is 0.192 e. The Morgan fingerprint density at radius 1 is 1.58 bits per heavy atom. The van der Waals surface area contributed by atoms with E-state index in [0.717, 1.165) is 5.56 Å². The molecule has 2 heterocycles. The molecule has 0 aromatic carbocycles. The number of nitrogen functional groups attached to an aromatic ring is 1. The van der Waals surface area contributed by atoms with E-state index in [1.54, 1.807) is 6.07 Å². The minimum Gasteiger partial charge on any atom is -0.380 e. The quantitative estimate of drug-likeness (QED) is 0.709. The lowest BCUT2D eigenvalue weighted by Gasteiger charge is -1.89. The van der Waals surface area contributed by atoms with Gasteiger partial charge in [-0.3, -0.25) is 5.10 Å². The molecule has 0 amide bonds. The van der Waals surface area contributed by atoms with E-state index in [1.807, 2.05) is 10.8 Å². The summed E-state index contributed by atoms with van der Waals surface area (Å²) in [6.45, 7) is 0. The van der Waals surface area contributed by atoms with Crippen LogP contribution in [0.1, 0.15) is 0 Å². The number of nitrogens with two attached hydrogens (primary N) is 1. The molecule has 3 nitrogen and oxygen atoms in total. The summed E-state index contributed by atoms with van der Waals surface area (Å²) in [5, 5.41) is 9.78. The van der Waals surface area contributed by atoms with E-state index in [2.05, 4.69) is 10.2 Å². The zero-order chi connectivity index (χ0) is 8.55. The lowest BCUT2D eigenvalue weighted by Crippen LogP contribution is -1.86. The first-order chi connectivity index (χ1) is 5.79. The lowest BCUT2D eigenvalue weighted by atomic mass is 10.2. The second kappa shape index (κ2) is 2.60. The molecule has 2 aromatic heterocycles. The van der Waals surface area contributed by atoms with Crippen molar-refractivity contribution < 1.29 is 4.39 Å². The van der Waals surface area contributed by atoms with Gasteiger partial charge in [-0.05, 0) is 11.4 Å². The van der Waals surface area contributed by atoms with E-state index in [1.165, 1.54) is 11.3 Å². The number of nitrogens with one attached hydrogen (secondary N) is 1. The molecule has 0 bridgehead atoms. The third-order valence-electron chi connectivity index (χ3n) is 1.54. The average Bonchev–Trinajstić information content (AvgIpc) is 2.64. The van der Waals surface area contributed by atoms with Crippen LogP contribution in [0.15, 0.2) is 16.8 Å². The highest BCUT2D eigenvalue weighted by atomic mass is 32.1. The highest BCUT2D eigenvalue weighted by Gasteiger charge is 2.11. The van der Waals surface area contributed by atoms with Crippen LogP contribution in [0.4, 0.5) is 10.2 Å².